The van der Waals surface area contributed by atoms with Crippen molar-refractivity contribution in [2.75, 3.05) is 13.4 Å². The van der Waals surface area contributed by atoms with Crippen molar-refractivity contribution < 1.29 is 23.1 Å². The van der Waals surface area contributed by atoms with Crippen molar-refractivity contribution in [1.29, 1.82) is 0 Å². The first-order chi connectivity index (χ1) is 8.36. The van der Waals surface area contributed by atoms with E-state index in [0.717, 1.165) is 6.26 Å². The third-order valence-electron chi connectivity index (χ3n) is 2.50. The van der Waals surface area contributed by atoms with Crippen LogP contribution in [0.2, 0.25) is 0 Å². The number of aliphatic carboxylic acids is 1. The highest BCUT2D eigenvalue weighted by molar-refractivity contribution is 7.90. The lowest BCUT2D eigenvalue weighted by molar-refractivity contribution is -0.137. The van der Waals surface area contributed by atoms with Gasteiger partial charge in [0.2, 0.25) is 0 Å². The average molecular weight is 272 g/mol. The number of hydrogen-bond acceptors (Lipinski definition) is 4. The van der Waals surface area contributed by atoms with Gasteiger partial charge in [-0.3, -0.25) is 4.79 Å². The van der Waals surface area contributed by atoms with E-state index >= 15 is 0 Å². The molecule has 0 spiro atoms. The Hall–Kier alpha value is -1.56. The summed E-state index contributed by atoms with van der Waals surface area (Å²) in [5.41, 5.74) is 0.710. The van der Waals surface area contributed by atoms with E-state index in [0.29, 0.717) is 24.2 Å². The van der Waals surface area contributed by atoms with E-state index in [1.54, 1.807) is 12.1 Å². The van der Waals surface area contributed by atoms with Crippen molar-refractivity contribution in [3.8, 4) is 5.75 Å². The van der Waals surface area contributed by atoms with Crippen LogP contribution in [0.5, 0.6) is 5.75 Å². The minimum absolute atomic E-state index is 0.0479. The predicted octanol–water partition coefficient (Wildman–Crippen LogP) is 1.51. The number of sulfone groups is 1. The van der Waals surface area contributed by atoms with Crippen LogP contribution in [-0.2, 0) is 21.1 Å². The highest BCUT2D eigenvalue weighted by Gasteiger charge is 2.17. The number of hydrogen-bond donors (Lipinski definition) is 1. The van der Waals surface area contributed by atoms with Gasteiger partial charge in [0.05, 0.1) is 7.11 Å². The fourth-order valence-corrected chi connectivity index (χ4v) is 2.59. The first kappa shape index (κ1) is 14.5. The van der Waals surface area contributed by atoms with Crippen LogP contribution < -0.4 is 4.74 Å². The van der Waals surface area contributed by atoms with Gasteiger partial charge in [-0.25, -0.2) is 8.42 Å². The molecule has 1 rings (SSSR count). The molecule has 18 heavy (non-hydrogen) atoms. The second kappa shape index (κ2) is 5.86. The van der Waals surface area contributed by atoms with Crippen molar-refractivity contribution in [1.82, 2.24) is 0 Å². The second-order valence-corrected chi connectivity index (χ2v) is 5.95. The monoisotopic (exact) mass is 272 g/mol. The first-order valence-corrected chi connectivity index (χ1v) is 7.33. The number of para-hydroxylation sites is 1. The Bertz CT molecular complexity index is 533. The quantitative estimate of drug-likeness (QED) is 0.849. The van der Waals surface area contributed by atoms with Gasteiger partial charge in [0.25, 0.3) is 0 Å². The van der Waals surface area contributed by atoms with Crippen LogP contribution in [0.25, 0.3) is 0 Å². The topological polar surface area (TPSA) is 80.7 Å². The Morgan fingerprint density at radius 2 is 2.06 bits per heavy atom. The van der Waals surface area contributed by atoms with Crippen LogP contribution in [0.1, 0.15) is 18.4 Å². The Kier molecular flexibility index (Phi) is 4.72. The molecule has 0 aliphatic heterocycles. The minimum atomic E-state index is -3.35. The molecule has 0 saturated heterocycles. The normalized spacial score (nSPS) is 11.2. The summed E-state index contributed by atoms with van der Waals surface area (Å²) in [6.07, 6.45) is 2.08. The van der Waals surface area contributed by atoms with Gasteiger partial charge in [-0.2, -0.15) is 0 Å². The molecule has 0 aromatic heterocycles. The maximum Gasteiger partial charge on any atom is 0.303 e. The molecule has 0 atom stereocenters. The van der Waals surface area contributed by atoms with Crippen LogP contribution in [0.15, 0.2) is 23.1 Å². The summed E-state index contributed by atoms with van der Waals surface area (Å²) in [6, 6.07) is 4.86. The lowest BCUT2D eigenvalue weighted by Gasteiger charge is -2.11. The highest BCUT2D eigenvalue weighted by Crippen LogP contribution is 2.28. The van der Waals surface area contributed by atoms with Crippen molar-refractivity contribution >= 4 is 15.8 Å². The Labute approximate surface area is 106 Å². The molecule has 1 N–H and O–H groups in total. The number of aryl methyl sites for hydroxylation is 1. The van der Waals surface area contributed by atoms with Gasteiger partial charge in [0.1, 0.15) is 10.6 Å². The predicted molar refractivity (Wildman–Crippen MR) is 66.7 cm³/mol. The van der Waals surface area contributed by atoms with E-state index in [9.17, 15) is 13.2 Å². The number of rotatable bonds is 6. The summed E-state index contributed by atoms with van der Waals surface area (Å²) in [4.78, 5) is 10.6. The zero-order valence-electron chi connectivity index (χ0n) is 10.3. The van der Waals surface area contributed by atoms with E-state index in [-0.39, 0.29) is 11.3 Å². The molecule has 0 heterocycles. The second-order valence-electron chi connectivity index (χ2n) is 3.97. The van der Waals surface area contributed by atoms with Crippen molar-refractivity contribution in [3.05, 3.63) is 23.8 Å². The van der Waals surface area contributed by atoms with Gasteiger partial charge in [-0.15, -0.1) is 0 Å². The number of carbonyl (C=O) groups is 1. The van der Waals surface area contributed by atoms with E-state index in [1.807, 2.05) is 0 Å². The molecular weight excluding hydrogens is 256 g/mol. The Morgan fingerprint density at radius 1 is 1.39 bits per heavy atom. The van der Waals surface area contributed by atoms with E-state index < -0.39 is 15.8 Å². The molecule has 6 heteroatoms. The fourth-order valence-electron chi connectivity index (χ4n) is 1.71. The van der Waals surface area contributed by atoms with Gasteiger partial charge in [-0.05, 0) is 24.5 Å². The van der Waals surface area contributed by atoms with Crippen LogP contribution in [0.4, 0.5) is 0 Å². The van der Waals surface area contributed by atoms with Gasteiger partial charge in [0, 0.05) is 12.7 Å². The average Bonchev–Trinajstić information content (AvgIpc) is 2.27. The third kappa shape index (κ3) is 3.73. The van der Waals surface area contributed by atoms with E-state index in [1.165, 1.54) is 13.2 Å². The molecule has 0 saturated carbocycles. The Balaban J connectivity index is 3.02. The first-order valence-electron chi connectivity index (χ1n) is 5.44. The van der Waals surface area contributed by atoms with Crippen molar-refractivity contribution in [2.45, 2.75) is 24.2 Å². The number of benzene rings is 1. The molecule has 0 bridgehead atoms. The zero-order valence-corrected chi connectivity index (χ0v) is 11.2. The maximum atomic E-state index is 11.6. The summed E-state index contributed by atoms with van der Waals surface area (Å²) in [5.74, 6) is -0.557. The van der Waals surface area contributed by atoms with Gasteiger partial charge < -0.3 is 9.84 Å². The molecule has 1 aromatic carbocycles. The van der Waals surface area contributed by atoms with Gasteiger partial charge in [0.15, 0.2) is 9.84 Å². The summed E-state index contributed by atoms with van der Waals surface area (Å²) in [5, 5.41) is 8.57. The van der Waals surface area contributed by atoms with Crippen LogP contribution >= 0.6 is 0 Å². The molecular formula is C12H16O5S. The molecule has 0 unspecified atom stereocenters. The molecule has 5 nitrogen and oxygen atoms in total. The number of methoxy groups -OCH3 is 1. The molecule has 100 valence electrons. The Morgan fingerprint density at radius 3 is 2.56 bits per heavy atom. The number of carboxylic acids is 1. The maximum absolute atomic E-state index is 11.6. The smallest absolute Gasteiger partial charge is 0.303 e. The number of ether oxygens (including phenoxy) is 1. The van der Waals surface area contributed by atoms with Crippen molar-refractivity contribution in [2.24, 2.45) is 0 Å². The largest absolute Gasteiger partial charge is 0.495 e. The molecule has 0 amide bonds. The lowest BCUT2D eigenvalue weighted by atomic mass is 10.1. The SMILES string of the molecule is COc1c(CCCC(=O)O)cccc1S(C)(=O)=O. The summed E-state index contributed by atoms with van der Waals surface area (Å²) < 4.78 is 28.3. The van der Waals surface area contributed by atoms with Crippen LogP contribution in [0.3, 0.4) is 0 Å². The third-order valence-corrected chi connectivity index (χ3v) is 3.62. The molecule has 1 aromatic rings. The van der Waals surface area contributed by atoms with Crippen LogP contribution in [0, 0.1) is 0 Å². The van der Waals surface area contributed by atoms with Gasteiger partial charge in [-0.1, -0.05) is 12.1 Å². The highest BCUT2D eigenvalue weighted by atomic mass is 32.2. The molecule has 0 fully saturated rings. The fraction of sp³-hybridized carbons (Fsp3) is 0.417. The minimum Gasteiger partial charge on any atom is -0.495 e. The molecule has 0 aliphatic rings. The lowest BCUT2D eigenvalue weighted by Crippen LogP contribution is -2.04. The number of carboxylic acid groups (broad SMARTS) is 1. The molecule has 0 radical (unpaired) electrons. The van der Waals surface area contributed by atoms with Crippen molar-refractivity contribution in [3.63, 3.8) is 0 Å². The van der Waals surface area contributed by atoms with Crippen LogP contribution in [-0.4, -0.2) is 32.9 Å². The standard InChI is InChI=1S/C12H16O5S/c1-17-12-9(6-4-8-11(13)14)5-3-7-10(12)18(2,15)16/h3,5,7H,4,6,8H2,1-2H3,(H,13,14). The summed E-state index contributed by atoms with van der Waals surface area (Å²) in [6.45, 7) is 0. The summed E-state index contributed by atoms with van der Waals surface area (Å²) >= 11 is 0. The van der Waals surface area contributed by atoms with E-state index in [2.05, 4.69) is 0 Å². The molecule has 0 aliphatic carbocycles. The van der Waals surface area contributed by atoms with Gasteiger partial charge >= 0.3 is 5.97 Å². The summed E-state index contributed by atoms with van der Waals surface area (Å²) in [7, 11) is -1.94. The zero-order chi connectivity index (χ0) is 13.8. The van der Waals surface area contributed by atoms with E-state index in [4.69, 9.17) is 9.84 Å².